The number of aromatic amines is 1. The van der Waals surface area contributed by atoms with E-state index in [1.54, 1.807) is 0 Å². The summed E-state index contributed by atoms with van der Waals surface area (Å²) < 4.78 is 0. The van der Waals surface area contributed by atoms with Gasteiger partial charge in [0.1, 0.15) is 0 Å². The van der Waals surface area contributed by atoms with Crippen molar-refractivity contribution in [2.45, 2.75) is 31.8 Å². The molecule has 1 aromatic heterocycles. The van der Waals surface area contributed by atoms with Crippen LogP contribution in [0.1, 0.15) is 18.2 Å². The van der Waals surface area contributed by atoms with E-state index in [4.69, 9.17) is 5.26 Å². The maximum atomic E-state index is 9.02. The second kappa shape index (κ2) is 10.3. The van der Waals surface area contributed by atoms with Crippen LogP contribution in [0.2, 0.25) is 0 Å². The lowest BCUT2D eigenvalue weighted by Gasteiger charge is -2.23. The second-order valence-corrected chi connectivity index (χ2v) is 6.68. The lowest BCUT2D eigenvalue weighted by Crippen LogP contribution is -2.42. The summed E-state index contributed by atoms with van der Waals surface area (Å²) in [4.78, 5) is 9.98. The third kappa shape index (κ3) is 6.61. The SMILES string of the molecule is CC(Cc1ccc[nH]1)NC(=NCC(Cc1ccccc1)N(C)C)NC#N. The Kier molecular flexibility index (Phi) is 7.72. The number of hydrogen-bond acceptors (Lipinski definition) is 3. The lowest BCUT2D eigenvalue weighted by atomic mass is 10.1. The minimum absolute atomic E-state index is 0.153. The molecule has 6 nitrogen and oxygen atoms in total. The van der Waals surface area contributed by atoms with Crippen molar-refractivity contribution in [1.82, 2.24) is 20.5 Å². The Labute approximate surface area is 155 Å². The largest absolute Gasteiger partial charge is 0.365 e. The first-order valence-corrected chi connectivity index (χ1v) is 8.87. The Hall–Kier alpha value is -2.78. The van der Waals surface area contributed by atoms with Gasteiger partial charge in [0.2, 0.25) is 5.96 Å². The number of nitriles is 1. The fraction of sp³-hybridized carbons (Fsp3) is 0.400. The summed E-state index contributed by atoms with van der Waals surface area (Å²) >= 11 is 0. The first-order chi connectivity index (χ1) is 12.6. The summed E-state index contributed by atoms with van der Waals surface area (Å²) in [6.45, 7) is 2.68. The number of hydrogen-bond donors (Lipinski definition) is 3. The molecule has 2 rings (SSSR count). The molecule has 0 aliphatic rings. The number of aromatic nitrogens is 1. The van der Waals surface area contributed by atoms with Gasteiger partial charge in [-0.05, 0) is 45.1 Å². The van der Waals surface area contributed by atoms with Crippen molar-refractivity contribution >= 4 is 5.96 Å². The molecule has 1 heterocycles. The van der Waals surface area contributed by atoms with Crippen LogP contribution in [0.3, 0.4) is 0 Å². The van der Waals surface area contributed by atoms with E-state index < -0.39 is 0 Å². The maximum Gasteiger partial charge on any atom is 0.204 e. The molecule has 138 valence electrons. The predicted octanol–water partition coefficient (Wildman–Crippen LogP) is 2.13. The number of likely N-dealkylation sites (N-methyl/N-ethyl adjacent to an activating group) is 1. The molecule has 0 spiro atoms. The molecule has 0 amide bonds. The van der Waals surface area contributed by atoms with Gasteiger partial charge in [-0.25, -0.2) is 0 Å². The zero-order valence-corrected chi connectivity index (χ0v) is 15.7. The number of H-pyrrole nitrogens is 1. The molecule has 6 heteroatoms. The lowest BCUT2D eigenvalue weighted by molar-refractivity contribution is 0.298. The molecule has 0 aliphatic carbocycles. The van der Waals surface area contributed by atoms with Crippen LogP contribution in [0.5, 0.6) is 0 Å². The summed E-state index contributed by atoms with van der Waals surface area (Å²) in [5, 5.41) is 15.0. The van der Waals surface area contributed by atoms with E-state index in [-0.39, 0.29) is 12.1 Å². The molecule has 0 saturated carbocycles. The second-order valence-electron chi connectivity index (χ2n) is 6.68. The number of guanidine groups is 1. The third-order valence-corrected chi connectivity index (χ3v) is 4.25. The van der Waals surface area contributed by atoms with Gasteiger partial charge >= 0.3 is 0 Å². The van der Waals surface area contributed by atoms with Crippen molar-refractivity contribution in [3.8, 4) is 6.19 Å². The molecular formula is C20H28N6. The summed E-state index contributed by atoms with van der Waals surface area (Å²) in [7, 11) is 4.11. The Morgan fingerprint density at radius 3 is 2.58 bits per heavy atom. The topological polar surface area (TPSA) is 79.2 Å². The smallest absolute Gasteiger partial charge is 0.204 e. The van der Waals surface area contributed by atoms with E-state index in [1.165, 1.54) is 5.56 Å². The van der Waals surface area contributed by atoms with Crippen LogP contribution in [0.4, 0.5) is 0 Å². The Bertz CT molecular complexity index is 700. The molecule has 0 fully saturated rings. The van der Waals surface area contributed by atoms with Crippen molar-refractivity contribution in [3.63, 3.8) is 0 Å². The van der Waals surface area contributed by atoms with E-state index in [1.807, 2.05) is 24.5 Å². The van der Waals surface area contributed by atoms with Crippen molar-refractivity contribution in [1.29, 1.82) is 5.26 Å². The molecule has 1 aromatic carbocycles. The van der Waals surface area contributed by atoms with Gasteiger partial charge in [-0.3, -0.25) is 10.3 Å². The molecular weight excluding hydrogens is 324 g/mol. The van der Waals surface area contributed by atoms with E-state index in [0.29, 0.717) is 12.5 Å². The summed E-state index contributed by atoms with van der Waals surface area (Å²) in [6.07, 6.45) is 5.63. The number of benzene rings is 1. The van der Waals surface area contributed by atoms with Crippen LogP contribution in [-0.4, -0.2) is 48.6 Å². The molecule has 0 radical (unpaired) electrons. The third-order valence-electron chi connectivity index (χ3n) is 4.25. The predicted molar refractivity (Wildman–Crippen MR) is 106 cm³/mol. The van der Waals surface area contributed by atoms with Crippen LogP contribution < -0.4 is 10.6 Å². The zero-order chi connectivity index (χ0) is 18.8. The van der Waals surface area contributed by atoms with Gasteiger partial charge in [-0.15, -0.1) is 0 Å². The summed E-state index contributed by atoms with van der Waals surface area (Å²) in [5.41, 5.74) is 2.43. The minimum Gasteiger partial charge on any atom is -0.365 e. The van der Waals surface area contributed by atoms with Crippen LogP contribution >= 0.6 is 0 Å². The first kappa shape index (κ1) is 19.5. The molecule has 2 unspecified atom stereocenters. The van der Waals surface area contributed by atoms with Crippen LogP contribution in [0.25, 0.3) is 0 Å². The highest BCUT2D eigenvalue weighted by molar-refractivity contribution is 5.81. The van der Waals surface area contributed by atoms with Crippen molar-refractivity contribution in [2.24, 2.45) is 4.99 Å². The highest BCUT2D eigenvalue weighted by Gasteiger charge is 2.13. The highest BCUT2D eigenvalue weighted by atomic mass is 15.2. The van der Waals surface area contributed by atoms with Gasteiger partial charge in [0, 0.05) is 30.4 Å². The number of rotatable bonds is 8. The zero-order valence-electron chi connectivity index (χ0n) is 15.7. The molecule has 2 aromatic rings. The number of nitrogens with one attached hydrogen (secondary N) is 3. The fourth-order valence-electron chi connectivity index (χ4n) is 2.78. The number of nitrogens with zero attached hydrogens (tertiary/aromatic N) is 3. The highest BCUT2D eigenvalue weighted by Crippen LogP contribution is 2.07. The molecule has 0 bridgehead atoms. The van der Waals surface area contributed by atoms with E-state index in [0.717, 1.165) is 18.5 Å². The Morgan fingerprint density at radius 2 is 1.96 bits per heavy atom. The quantitative estimate of drug-likeness (QED) is 0.294. The molecule has 3 N–H and O–H groups in total. The van der Waals surface area contributed by atoms with Crippen molar-refractivity contribution < 1.29 is 0 Å². The molecule has 0 saturated heterocycles. The monoisotopic (exact) mass is 352 g/mol. The van der Waals surface area contributed by atoms with Crippen LogP contribution in [-0.2, 0) is 12.8 Å². The van der Waals surface area contributed by atoms with Gasteiger partial charge in [0.15, 0.2) is 6.19 Å². The standard InChI is InChI=1S/C20H28N6/c1-16(12-18-10-7-11-22-18)25-20(24-15-21)23-14-19(26(2)3)13-17-8-5-4-6-9-17/h4-11,16,19,22H,12-14H2,1-3H3,(H2,23,24,25). The molecule has 0 aliphatic heterocycles. The summed E-state index contributed by atoms with van der Waals surface area (Å²) in [6, 6.07) is 14.8. The maximum absolute atomic E-state index is 9.02. The minimum atomic E-state index is 0.153. The Morgan fingerprint density at radius 1 is 1.19 bits per heavy atom. The molecule has 2 atom stereocenters. The Balaban J connectivity index is 1.97. The van der Waals surface area contributed by atoms with E-state index in [2.05, 4.69) is 76.9 Å². The van der Waals surface area contributed by atoms with E-state index in [9.17, 15) is 0 Å². The molecule has 26 heavy (non-hydrogen) atoms. The van der Waals surface area contributed by atoms with E-state index >= 15 is 0 Å². The average Bonchev–Trinajstić information content (AvgIpc) is 3.12. The van der Waals surface area contributed by atoms with Gasteiger partial charge in [-0.1, -0.05) is 30.3 Å². The van der Waals surface area contributed by atoms with Crippen LogP contribution in [0.15, 0.2) is 53.7 Å². The van der Waals surface area contributed by atoms with Gasteiger partial charge in [-0.2, -0.15) is 5.26 Å². The van der Waals surface area contributed by atoms with Gasteiger partial charge < -0.3 is 15.2 Å². The van der Waals surface area contributed by atoms with Gasteiger partial charge in [0.05, 0.1) is 6.54 Å². The first-order valence-electron chi connectivity index (χ1n) is 8.87. The normalized spacial score (nSPS) is 13.9. The summed E-state index contributed by atoms with van der Waals surface area (Å²) in [5.74, 6) is 0.520. The van der Waals surface area contributed by atoms with Crippen molar-refractivity contribution in [2.75, 3.05) is 20.6 Å². The van der Waals surface area contributed by atoms with Crippen LogP contribution in [0, 0.1) is 11.5 Å². The average molecular weight is 352 g/mol. The van der Waals surface area contributed by atoms with Gasteiger partial charge in [0.25, 0.3) is 0 Å². The number of aliphatic imine (C=N–C) groups is 1. The van der Waals surface area contributed by atoms with Crippen molar-refractivity contribution in [3.05, 3.63) is 59.9 Å². The fourth-order valence-corrected chi connectivity index (χ4v) is 2.78.